The molecule has 47 heavy (non-hydrogen) atoms. The van der Waals surface area contributed by atoms with Crippen LogP contribution in [0.2, 0.25) is 0 Å². The molecule has 0 atom stereocenters. The van der Waals surface area contributed by atoms with Crippen LogP contribution < -0.4 is 0 Å². The van der Waals surface area contributed by atoms with Crippen LogP contribution in [0.1, 0.15) is 0 Å². The molecule has 0 aliphatic carbocycles. The normalized spacial score (nSPS) is 12.6. The monoisotopic (exact) mass is 633 g/mol. The molecule has 0 N–H and O–H groups in total. The first-order valence-electron chi connectivity index (χ1n) is 15.8. The number of para-hydroxylation sites is 1. The highest BCUT2D eigenvalue weighted by atomic mass is 32.2. The van der Waals surface area contributed by atoms with E-state index >= 15 is 0 Å². The number of benzene rings is 7. The zero-order valence-corrected chi connectivity index (χ0v) is 26.6. The fourth-order valence-electron chi connectivity index (χ4n) is 7.62. The van der Waals surface area contributed by atoms with Gasteiger partial charge >= 0.3 is 0 Å². The minimum absolute atomic E-state index is 0.702. The van der Waals surface area contributed by atoms with Gasteiger partial charge in [0, 0.05) is 47.0 Å². The first kappa shape index (κ1) is 25.7. The Bertz CT molecular complexity index is 2940. The van der Waals surface area contributed by atoms with Gasteiger partial charge in [0.25, 0.3) is 0 Å². The molecule has 0 amide bonds. The summed E-state index contributed by atoms with van der Waals surface area (Å²) in [5, 5.41) is 8.73. The van der Waals surface area contributed by atoms with Gasteiger partial charge in [-0.3, -0.25) is 4.57 Å². The van der Waals surface area contributed by atoms with E-state index in [2.05, 4.69) is 144 Å². The van der Waals surface area contributed by atoms with Gasteiger partial charge in [-0.1, -0.05) is 127 Å². The number of aromatic nitrogens is 3. The van der Waals surface area contributed by atoms with Crippen molar-refractivity contribution in [2.24, 2.45) is 0 Å². The molecule has 0 spiro atoms. The molecule has 4 heterocycles. The van der Waals surface area contributed by atoms with Gasteiger partial charge in [-0.25, -0.2) is 9.97 Å². The standard InChI is InChI=1S/C42H23N3S2/c1-2-12-24(13-3-1)25-22-23-31-37-38(30-18-8-11-21-34(30)46-40(25)37)44-42(43-31)45-32-19-9-6-16-28(32)35-26-14-4-5-15-27(26)36-29-17-7-10-20-33(29)47-41(36)39(35)45/h1-23H. The number of rotatable bonds is 2. The van der Waals surface area contributed by atoms with Crippen molar-refractivity contribution >= 4 is 86.8 Å². The second-order valence-electron chi connectivity index (χ2n) is 12.1. The van der Waals surface area contributed by atoms with E-state index in [1.807, 2.05) is 23.1 Å². The van der Waals surface area contributed by atoms with Crippen LogP contribution in [0.5, 0.6) is 0 Å². The summed E-state index contributed by atoms with van der Waals surface area (Å²) in [7, 11) is 0. The van der Waals surface area contributed by atoms with Crippen LogP contribution in [0.25, 0.3) is 92.0 Å². The topological polar surface area (TPSA) is 30.7 Å². The maximum absolute atomic E-state index is 5.53. The predicted octanol–water partition coefficient (Wildman–Crippen LogP) is 12.0. The van der Waals surface area contributed by atoms with Gasteiger partial charge in [-0.05, 0) is 46.2 Å². The van der Waals surface area contributed by atoms with Crippen molar-refractivity contribution in [3.63, 3.8) is 0 Å². The number of hydrogen-bond acceptors (Lipinski definition) is 4. The van der Waals surface area contributed by atoms with Crippen LogP contribution >= 0.6 is 23.1 Å². The van der Waals surface area contributed by atoms with Gasteiger partial charge in [0.2, 0.25) is 5.95 Å². The van der Waals surface area contributed by atoms with Crippen molar-refractivity contribution in [2.45, 2.75) is 9.79 Å². The van der Waals surface area contributed by atoms with Crippen LogP contribution in [0.3, 0.4) is 0 Å². The zero-order chi connectivity index (χ0) is 30.6. The van der Waals surface area contributed by atoms with Crippen molar-refractivity contribution in [1.82, 2.24) is 14.5 Å². The molecule has 10 aromatic rings. The van der Waals surface area contributed by atoms with E-state index in [0.29, 0.717) is 5.95 Å². The summed E-state index contributed by atoms with van der Waals surface area (Å²) < 4.78 is 4.89. The molecule has 0 saturated heterocycles. The maximum Gasteiger partial charge on any atom is 0.235 e. The van der Waals surface area contributed by atoms with E-state index in [9.17, 15) is 0 Å². The molecule has 0 bridgehead atoms. The molecular weight excluding hydrogens is 611 g/mol. The van der Waals surface area contributed by atoms with Crippen LogP contribution in [-0.2, 0) is 0 Å². The smallest absolute Gasteiger partial charge is 0.235 e. The first-order chi connectivity index (χ1) is 23.3. The summed E-state index contributed by atoms with van der Waals surface area (Å²) in [4.78, 5) is 13.4. The Kier molecular flexibility index (Phi) is 5.20. The number of nitrogens with zero attached hydrogens (tertiary/aromatic N) is 3. The lowest BCUT2D eigenvalue weighted by Gasteiger charge is -2.22. The van der Waals surface area contributed by atoms with Crippen molar-refractivity contribution in [3.8, 4) is 28.3 Å². The molecule has 0 saturated carbocycles. The largest absolute Gasteiger partial charge is 0.276 e. The van der Waals surface area contributed by atoms with E-state index in [-0.39, 0.29) is 0 Å². The molecule has 3 nitrogen and oxygen atoms in total. The predicted molar refractivity (Wildman–Crippen MR) is 199 cm³/mol. The average Bonchev–Trinajstić information content (AvgIpc) is 3.69. The van der Waals surface area contributed by atoms with Crippen molar-refractivity contribution in [3.05, 3.63) is 140 Å². The van der Waals surface area contributed by atoms with Crippen LogP contribution in [0.15, 0.2) is 149 Å². The van der Waals surface area contributed by atoms with Gasteiger partial charge < -0.3 is 0 Å². The summed E-state index contributed by atoms with van der Waals surface area (Å²) in [5.41, 5.74) is 7.81. The molecule has 7 aromatic carbocycles. The van der Waals surface area contributed by atoms with Crippen LogP contribution in [-0.4, -0.2) is 14.5 Å². The molecule has 0 radical (unpaired) electrons. The van der Waals surface area contributed by atoms with Crippen LogP contribution in [0, 0.1) is 0 Å². The second-order valence-corrected chi connectivity index (χ2v) is 14.2. The van der Waals surface area contributed by atoms with Gasteiger partial charge in [-0.15, -0.1) is 11.3 Å². The van der Waals surface area contributed by atoms with Crippen LogP contribution in [0.4, 0.5) is 0 Å². The lowest BCUT2D eigenvalue weighted by Crippen LogP contribution is -2.06. The minimum atomic E-state index is 0.702. The third-order valence-electron chi connectivity index (χ3n) is 9.59. The van der Waals surface area contributed by atoms with Crippen molar-refractivity contribution < 1.29 is 0 Å². The molecule has 5 heteroatoms. The van der Waals surface area contributed by atoms with Gasteiger partial charge in [0.05, 0.1) is 26.9 Å². The minimum Gasteiger partial charge on any atom is -0.276 e. The van der Waals surface area contributed by atoms with E-state index in [1.54, 1.807) is 0 Å². The highest BCUT2D eigenvalue weighted by molar-refractivity contribution is 8.00. The zero-order valence-electron chi connectivity index (χ0n) is 24.9. The highest BCUT2D eigenvalue weighted by Crippen LogP contribution is 2.52. The van der Waals surface area contributed by atoms with Gasteiger partial charge in [-0.2, -0.15) is 0 Å². The Labute approximate surface area is 277 Å². The summed E-state index contributed by atoms with van der Waals surface area (Å²) in [6, 6.07) is 50.1. The fraction of sp³-hybridized carbons (Fsp3) is 0. The summed E-state index contributed by atoms with van der Waals surface area (Å²) in [6.45, 7) is 0. The third-order valence-corrected chi connectivity index (χ3v) is 12.0. The third kappa shape index (κ3) is 3.47. The highest BCUT2D eigenvalue weighted by Gasteiger charge is 2.27. The summed E-state index contributed by atoms with van der Waals surface area (Å²) in [6.07, 6.45) is 0. The Morgan fingerprint density at radius 3 is 2.09 bits per heavy atom. The summed E-state index contributed by atoms with van der Waals surface area (Å²) in [5.74, 6) is 0.702. The molecule has 1 aliphatic heterocycles. The Hall–Kier alpha value is -5.49. The van der Waals surface area contributed by atoms with Gasteiger partial charge in [0.1, 0.15) is 0 Å². The molecule has 218 valence electrons. The van der Waals surface area contributed by atoms with E-state index in [0.717, 1.165) is 27.7 Å². The quantitative estimate of drug-likeness (QED) is 0.190. The SMILES string of the molecule is c1ccc(-c2ccc3nc(-n4c5ccccc5c5c6ccccc6c6c7ccccc7sc6c54)nc4c3c2Sc2ccccc2-4)cc1. The Morgan fingerprint density at radius 1 is 0.511 bits per heavy atom. The first-order valence-corrected chi connectivity index (χ1v) is 17.4. The molecular formula is C42H23N3S2. The Balaban J connectivity index is 1.33. The van der Waals surface area contributed by atoms with Crippen molar-refractivity contribution in [1.29, 1.82) is 0 Å². The van der Waals surface area contributed by atoms with E-state index in [1.165, 1.54) is 68.2 Å². The van der Waals surface area contributed by atoms with Gasteiger partial charge in [0.15, 0.2) is 0 Å². The van der Waals surface area contributed by atoms with E-state index in [4.69, 9.17) is 9.97 Å². The summed E-state index contributed by atoms with van der Waals surface area (Å²) >= 11 is 3.69. The lowest BCUT2D eigenvalue weighted by molar-refractivity contribution is 1.01. The van der Waals surface area contributed by atoms with E-state index < -0.39 is 0 Å². The number of hydrogen-bond donors (Lipinski definition) is 0. The van der Waals surface area contributed by atoms with Crippen molar-refractivity contribution in [2.75, 3.05) is 0 Å². The second kappa shape index (κ2) is 9.52. The molecule has 1 aliphatic rings. The average molecular weight is 634 g/mol. The molecule has 3 aromatic heterocycles. The molecule has 0 unspecified atom stereocenters. The maximum atomic E-state index is 5.53. The Morgan fingerprint density at radius 2 is 1.21 bits per heavy atom. The lowest BCUT2D eigenvalue weighted by atomic mass is 9.99. The number of thiophene rings is 1. The molecule has 0 fully saturated rings. The fourth-order valence-corrected chi connectivity index (χ4v) is 10.1. The number of fused-ring (bicyclic) bond motifs is 12. The molecule has 11 rings (SSSR count).